The lowest BCUT2D eigenvalue weighted by Crippen LogP contribution is -2.41. The molecule has 1 aliphatic rings. The third-order valence-corrected chi connectivity index (χ3v) is 6.90. The van der Waals surface area contributed by atoms with E-state index in [1.807, 2.05) is 97.1 Å². The molecule has 0 aliphatic carbocycles. The van der Waals surface area contributed by atoms with Crippen molar-refractivity contribution < 1.29 is 19.4 Å². The predicted octanol–water partition coefficient (Wildman–Crippen LogP) is 6.85. The first-order chi connectivity index (χ1) is 18.6. The summed E-state index contributed by atoms with van der Waals surface area (Å²) in [7, 11) is 3.27. The number of benzene rings is 4. The Bertz CT molecular complexity index is 1400. The van der Waals surface area contributed by atoms with Crippen LogP contribution in [0.3, 0.4) is 0 Å². The smallest absolute Gasteiger partial charge is 0.335 e. The van der Waals surface area contributed by atoms with Crippen molar-refractivity contribution in [1.82, 2.24) is 0 Å². The lowest BCUT2D eigenvalue weighted by Gasteiger charge is -2.45. The van der Waals surface area contributed by atoms with Crippen molar-refractivity contribution in [2.24, 2.45) is 0 Å². The predicted molar refractivity (Wildman–Crippen MR) is 150 cm³/mol. The summed E-state index contributed by atoms with van der Waals surface area (Å²) in [5.74, 6) is 0.524. The molecule has 6 nitrogen and oxygen atoms in total. The summed E-state index contributed by atoms with van der Waals surface area (Å²) < 4.78 is 10.8. The second-order valence-corrected chi connectivity index (χ2v) is 9.10. The number of anilines is 2. The molecule has 0 amide bonds. The molecule has 0 radical (unpaired) electrons. The summed E-state index contributed by atoms with van der Waals surface area (Å²) in [5.41, 5.74) is 4.69. The number of ether oxygens (including phenoxy) is 2. The van der Waals surface area contributed by atoms with Gasteiger partial charge >= 0.3 is 5.97 Å². The fourth-order valence-electron chi connectivity index (χ4n) is 5.09. The molecule has 0 saturated carbocycles. The molecule has 2 atom stereocenters. The highest BCUT2D eigenvalue weighted by atomic mass is 16.5. The van der Waals surface area contributed by atoms with Crippen LogP contribution in [-0.2, 0) is 4.79 Å². The van der Waals surface area contributed by atoms with E-state index in [-0.39, 0.29) is 6.04 Å². The van der Waals surface area contributed by atoms with Crippen LogP contribution in [-0.4, -0.2) is 25.3 Å². The highest BCUT2D eigenvalue weighted by molar-refractivity contribution is 5.92. The molecule has 38 heavy (non-hydrogen) atoms. The fraction of sp³-hybridized carbons (Fsp3) is 0.156. The second kappa shape index (κ2) is 11.1. The van der Waals surface area contributed by atoms with Crippen molar-refractivity contribution in [2.75, 3.05) is 24.4 Å². The number of hydrogen-bond donors (Lipinski definition) is 2. The molecule has 0 aromatic heterocycles. The van der Waals surface area contributed by atoms with E-state index in [2.05, 4.69) is 22.3 Å². The van der Waals surface area contributed by atoms with Crippen LogP contribution in [0, 0.1) is 0 Å². The molecule has 4 aromatic carbocycles. The van der Waals surface area contributed by atoms with Crippen molar-refractivity contribution in [2.45, 2.75) is 18.5 Å². The van der Waals surface area contributed by atoms with Crippen LogP contribution in [0.1, 0.15) is 29.6 Å². The lowest BCUT2D eigenvalue weighted by molar-refractivity contribution is -0.133. The minimum Gasteiger partial charge on any atom is -0.497 e. The first kappa shape index (κ1) is 25.0. The van der Waals surface area contributed by atoms with E-state index in [0.717, 1.165) is 28.3 Å². The Kier molecular flexibility index (Phi) is 7.31. The van der Waals surface area contributed by atoms with Crippen LogP contribution in [0.25, 0.3) is 0 Å². The van der Waals surface area contributed by atoms with Crippen molar-refractivity contribution in [1.29, 1.82) is 0 Å². The number of carbonyl (C=O) groups is 1. The maximum atomic E-state index is 13.0. The highest BCUT2D eigenvalue weighted by Gasteiger charge is 2.41. The third-order valence-electron chi connectivity index (χ3n) is 6.90. The average Bonchev–Trinajstić information content (AvgIpc) is 2.97. The van der Waals surface area contributed by atoms with E-state index in [4.69, 9.17) is 9.47 Å². The second-order valence-electron chi connectivity index (χ2n) is 9.10. The SMILES string of the molecule is COc1ccc(C2CC(Nc3ccccc3)=C(C(=O)O)C(c3ccc(OC)cc3)N2c2ccccc2)cc1. The molecule has 0 fully saturated rings. The number of methoxy groups -OCH3 is 2. The van der Waals surface area contributed by atoms with Gasteiger partial charge in [0.2, 0.25) is 0 Å². The van der Waals surface area contributed by atoms with E-state index in [0.29, 0.717) is 23.4 Å². The number of nitrogens with zero attached hydrogens (tertiary/aromatic N) is 1. The average molecular weight is 507 g/mol. The maximum absolute atomic E-state index is 13.0. The number of rotatable bonds is 8. The molecular weight excluding hydrogens is 476 g/mol. The molecule has 6 heteroatoms. The van der Waals surface area contributed by atoms with Crippen molar-refractivity contribution in [3.8, 4) is 11.5 Å². The van der Waals surface area contributed by atoms with Crippen LogP contribution >= 0.6 is 0 Å². The van der Waals surface area contributed by atoms with Crippen LogP contribution < -0.4 is 19.7 Å². The molecule has 0 spiro atoms. The van der Waals surface area contributed by atoms with Crippen molar-refractivity contribution in [3.05, 3.63) is 132 Å². The van der Waals surface area contributed by atoms with Gasteiger partial charge in [-0.15, -0.1) is 0 Å². The minimum absolute atomic E-state index is 0.148. The van der Waals surface area contributed by atoms with Crippen LogP contribution in [0.15, 0.2) is 120 Å². The third kappa shape index (κ3) is 5.06. The number of aliphatic carboxylic acids is 1. The Morgan fingerprint density at radius 3 is 1.82 bits per heavy atom. The Hall–Kier alpha value is -4.71. The first-order valence-electron chi connectivity index (χ1n) is 12.5. The summed E-state index contributed by atoms with van der Waals surface area (Å²) in [6, 6.07) is 34.6. The number of para-hydroxylation sites is 2. The Labute approximate surface area is 222 Å². The van der Waals surface area contributed by atoms with Crippen molar-refractivity contribution >= 4 is 17.3 Å². The van der Waals surface area contributed by atoms with Gasteiger partial charge in [0, 0.05) is 23.5 Å². The van der Waals surface area contributed by atoms with Crippen LogP contribution in [0.2, 0.25) is 0 Å². The number of hydrogen-bond acceptors (Lipinski definition) is 5. The molecule has 0 saturated heterocycles. The molecule has 192 valence electrons. The zero-order valence-corrected chi connectivity index (χ0v) is 21.4. The summed E-state index contributed by atoms with van der Waals surface area (Å²) in [5, 5.41) is 14.1. The monoisotopic (exact) mass is 506 g/mol. The van der Waals surface area contributed by atoms with Gasteiger partial charge in [-0.1, -0.05) is 60.7 Å². The highest BCUT2D eigenvalue weighted by Crippen LogP contribution is 2.48. The van der Waals surface area contributed by atoms with Crippen LogP contribution in [0.5, 0.6) is 11.5 Å². The van der Waals surface area contributed by atoms with Gasteiger partial charge in [0.1, 0.15) is 11.5 Å². The van der Waals surface area contributed by atoms with E-state index in [1.54, 1.807) is 14.2 Å². The molecule has 0 bridgehead atoms. The minimum atomic E-state index is -0.960. The Morgan fingerprint density at radius 1 is 0.763 bits per heavy atom. The first-order valence-corrected chi connectivity index (χ1v) is 12.5. The number of nitrogens with one attached hydrogen (secondary N) is 1. The Balaban J connectivity index is 1.74. The van der Waals surface area contributed by atoms with Gasteiger partial charge in [-0.3, -0.25) is 0 Å². The zero-order chi connectivity index (χ0) is 26.5. The Morgan fingerprint density at radius 2 is 1.29 bits per heavy atom. The lowest BCUT2D eigenvalue weighted by atomic mass is 9.84. The van der Waals surface area contributed by atoms with Gasteiger partial charge in [0.15, 0.2) is 0 Å². The van der Waals surface area contributed by atoms with Crippen LogP contribution in [0.4, 0.5) is 11.4 Å². The van der Waals surface area contributed by atoms with Gasteiger partial charge in [0.05, 0.1) is 31.9 Å². The molecule has 5 rings (SSSR count). The molecular formula is C32H30N2O4. The zero-order valence-electron chi connectivity index (χ0n) is 21.4. The number of carboxylic acids is 1. The molecule has 2 unspecified atom stereocenters. The van der Waals surface area contributed by atoms with E-state index in [9.17, 15) is 9.90 Å². The largest absolute Gasteiger partial charge is 0.497 e. The van der Waals surface area contributed by atoms with Crippen molar-refractivity contribution in [3.63, 3.8) is 0 Å². The molecule has 4 aromatic rings. The molecule has 1 aliphatic heterocycles. The van der Waals surface area contributed by atoms with E-state index >= 15 is 0 Å². The summed E-state index contributed by atoms with van der Waals surface area (Å²) in [6.07, 6.45) is 0.477. The van der Waals surface area contributed by atoms with Gasteiger partial charge in [-0.2, -0.15) is 0 Å². The normalized spacial score (nSPS) is 17.2. The van der Waals surface area contributed by atoms with Gasteiger partial charge < -0.3 is 24.8 Å². The fourth-order valence-corrected chi connectivity index (χ4v) is 5.09. The summed E-state index contributed by atoms with van der Waals surface area (Å²) in [4.78, 5) is 15.2. The standard InChI is InChI=1S/C32H30N2O4/c1-37-26-17-13-22(14-18-26)29-21-28(33-24-9-5-3-6-10-24)30(32(35)36)31(23-15-19-27(38-2)20-16-23)34(29)25-11-7-4-8-12-25/h3-20,29,31,33H,21H2,1-2H3,(H,35,36). The summed E-state index contributed by atoms with van der Waals surface area (Å²) >= 11 is 0. The van der Waals surface area contributed by atoms with Gasteiger partial charge in [0.25, 0.3) is 0 Å². The maximum Gasteiger partial charge on any atom is 0.335 e. The number of carboxylic acid groups (broad SMARTS) is 1. The molecule has 1 heterocycles. The topological polar surface area (TPSA) is 71.0 Å². The van der Waals surface area contributed by atoms with Gasteiger partial charge in [-0.25, -0.2) is 4.79 Å². The summed E-state index contributed by atoms with van der Waals surface area (Å²) in [6.45, 7) is 0. The van der Waals surface area contributed by atoms with Gasteiger partial charge in [-0.05, 0) is 59.7 Å². The molecule has 2 N–H and O–H groups in total. The van der Waals surface area contributed by atoms with E-state index in [1.165, 1.54) is 0 Å². The van der Waals surface area contributed by atoms with E-state index < -0.39 is 12.0 Å². The quantitative estimate of drug-likeness (QED) is 0.272.